The minimum atomic E-state index is -0.220. The lowest BCUT2D eigenvalue weighted by atomic mass is 9.70. The number of aryl methyl sites for hydroxylation is 1. The fraction of sp³-hybridized carbons (Fsp3) is 0.333. The van der Waals surface area contributed by atoms with Gasteiger partial charge in [0.2, 0.25) is 0 Å². The quantitative estimate of drug-likeness (QED) is 0.733. The molecule has 3 rings (SSSR count). The maximum absolute atomic E-state index is 13.5. The summed E-state index contributed by atoms with van der Waals surface area (Å²) < 4.78 is 14.4. The second-order valence-corrected chi connectivity index (χ2v) is 7.24. The average Bonchev–Trinajstić information content (AvgIpc) is 2.46. The molecule has 2 aromatic carbocycles. The Labute approximate surface area is 133 Å². The monoisotopic (exact) mass is 347 g/mol. The SMILES string of the molecule is CC1(C)CCc2ccccc2C1Nc1cc(F)ccc1Br. The molecule has 0 radical (unpaired) electrons. The van der Waals surface area contributed by atoms with Gasteiger partial charge in [-0.15, -0.1) is 0 Å². The van der Waals surface area contributed by atoms with Gasteiger partial charge in [0.15, 0.2) is 0 Å². The summed E-state index contributed by atoms with van der Waals surface area (Å²) in [5.74, 6) is -0.220. The zero-order valence-corrected chi connectivity index (χ0v) is 13.9. The summed E-state index contributed by atoms with van der Waals surface area (Å²) in [5, 5.41) is 3.55. The van der Waals surface area contributed by atoms with Crippen molar-refractivity contribution in [1.82, 2.24) is 0 Å². The van der Waals surface area contributed by atoms with Crippen LogP contribution in [-0.4, -0.2) is 0 Å². The van der Waals surface area contributed by atoms with Crippen LogP contribution in [0.3, 0.4) is 0 Å². The van der Waals surface area contributed by atoms with E-state index in [9.17, 15) is 4.39 Å². The van der Waals surface area contributed by atoms with Gasteiger partial charge in [0.25, 0.3) is 0 Å². The summed E-state index contributed by atoms with van der Waals surface area (Å²) in [6.07, 6.45) is 2.22. The van der Waals surface area contributed by atoms with E-state index in [1.54, 1.807) is 12.1 Å². The number of rotatable bonds is 2. The molecule has 0 spiro atoms. The first kappa shape index (κ1) is 14.6. The van der Waals surface area contributed by atoms with Gasteiger partial charge in [-0.25, -0.2) is 4.39 Å². The molecule has 1 aliphatic rings. The predicted molar refractivity (Wildman–Crippen MR) is 89.0 cm³/mol. The molecule has 3 heteroatoms. The van der Waals surface area contributed by atoms with E-state index in [1.807, 2.05) is 0 Å². The van der Waals surface area contributed by atoms with Crippen molar-refractivity contribution in [3.8, 4) is 0 Å². The second kappa shape index (κ2) is 5.45. The number of anilines is 1. The van der Waals surface area contributed by atoms with Gasteiger partial charge in [-0.05, 0) is 63.5 Å². The van der Waals surface area contributed by atoms with Gasteiger partial charge in [0, 0.05) is 4.47 Å². The normalized spacial score (nSPS) is 19.9. The molecule has 1 N–H and O–H groups in total. The predicted octanol–water partition coefficient (Wildman–Crippen LogP) is 5.71. The Morgan fingerprint density at radius 3 is 2.76 bits per heavy atom. The van der Waals surface area contributed by atoms with E-state index in [2.05, 4.69) is 59.4 Å². The minimum Gasteiger partial charge on any atom is -0.377 e. The lowest BCUT2D eigenvalue weighted by Gasteiger charge is -2.41. The molecular formula is C18H19BrFN. The number of hydrogen-bond donors (Lipinski definition) is 1. The third-order valence-corrected chi connectivity index (χ3v) is 5.11. The number of fused-ring (bicyclic) bond motifs is 1. The van der Waals surface area contributed by atoms with Crippen LogP contribution in [0, 0.1) is 11.2 Å². The Morgan fingerprint density at radius 2 is 1.95 bits per heavy atom. The van der Waals surface area contributed by atoms with Crippen LogP contribution in [0.1, 0.15) is 37.4 Å². The van der Waals surface area contributed by atoms with Crippen LogP contribution in [0.4, 0.5) is 10.1 Å². The average molecular weight is 348 g/mol. The van der Waals surface area contributed by atoms with Crippen molar-refractivity contribution >= 4 is 21.6 Å². The first-order chi connectivity index (χ1) is 9.97. The molecule has 1 atom stereocenters. The van der Waals surface area contributed by atoms with Crippen LogP contribution in [0.5, 0.6) is 0 Å². The summed E-state index contributed by atoms with van der Waals surface area (Å²) in [6.45, 7) is 4.54. The van der Waals surface area contributed by atoms with Crippen molar-refractivity contribution in [3.63, 3.8) is 0 Å². The molecule has 0 saturated heterocycles. The number of benzene rings is 2. The molecule has 0 heterocycles. The summed E-state index contributed by atoms with van der Waals surface area (Å²) in [6, 6.07) is 13.5. The van der Waals surface area contributed by atoms with Crippen molar-refractivity contribution < 1.29 is 4.39 Å². The largest absolute Gasteiger partial charge is 0.377 e. The fourth-order valence-electron chi connectivity index (χ4n) is 3.10. The first-order valence-electron chi connectivity index (χ1n) is 7.27. The molecule has 0 aromatic heterocycles. The third kappa shape index (κ3) is 2.84. The van der Waals surface area contributed by atoms with Crippen LogP contribution in [0.2, 0.25) is 0 Å². The molecule has 21 heavy (non-hydrogen) atoms. The molecule has 110 valence electrons. The van der Waals surface area contributed by atoms with E-state index in [-0.39, 0.29) is 17.3 Å². The topological polar surface area (TPSA) is 12.0 Å². The molecule has 0 bridgehead atoms. The van der Waals surface area contributed by atoms with Crippen molar-refractivity contribution in [2.75, 3.05) is 5.32 Å². The van der Waals surface area contributed by atoms with Crippen LogP contribution < -0.4 is 5.32 Å². The Kier molecular flexibility index (Phi) is 3.78. The number of nitrogens with one attached hydrogen (secondary N) is 1. The molecule has 0 saturated carbocycles. The van der Waals surface area contributed by atoms with Crippen molar-refractivity contribution in [3.05, 3.63) is 63.9 Å². The van der Waals surface area contributed by atoms with E-state index >= 15 is 0 Å². The van der Waals surface area contributed by atoms with E-state index in [4.69, 9.17) is 0 Å². The second-order valence-electron chi connectivity index (χ2n) is 6.39. The Balaban J connectivity index is 2.01. The van der Waals surface area contributed by atoms with Crippen LogP contribution in [0.15, 0.2) is 46.9 Å². The maximum atomic E-state index is 13.5. The summed E-state index contributed by atoms with van der Waals surface area (Å²) in [7, 11) is 0. The summed E-state index contributed by atoms with van der Waals surface area (Å²) >= 11 is 3.51. The smallest absolute Gasteiger partial charge is 0.125 e. The number of hydrogen-bond acceptors (Lipinski definition) is 1. The Bertz CT molecular complexity index is 666. The highest BCUT2D eigenvalue weighted by atomic mass is 79.9. The van der Waals surface area contributed by atoms with Gasteiger partial charge in [0.05, 0.1) is 11.7 Å². The van der Waals surface area contributed by atoms with Crippen LogP contribution >= 0.6 is 15.9 Å². The molecule has 1 nitrogen and oxygen atoms in total. The third-order valence-electron chi connectivity index (χ3n) is 4.41. The van der Waals surface area contributed by atoms with Crippen LogP contribution in [0.25, 0.3) is 0 Å². The maximum Gasteiger partial charge on any atom is 0.125 e. The molecule has 0 aliphatic heterocycles. The van der Waals surface area contributed by atoms with Gasteiger partial charge >= 0.3 is 0 Å². The van der Waals surface area contributed by atoms with Crippen LogP contribution in [-0.2, 0) is 6.42 Å². The molecule has 2 aromatic rings. The van der Waals surface area contributed by atoms with Gasteiger partial charge in [-0.2, -0.15) is 0 Å². The fourth-order valence-corrected chi connectivity index (χ4v) is 3.46. The van der Waals surface area contributed by atoms with E-state index in [1.165, 1.54) is 17.2 Å². The van der Waals surface area contributed by atoms with E-state index in [0.29, 0.717) is 0 Å². The van der Waals surface area contributed by atoms with Gasteiger partial charge in [0.1, 0.15) is 5.82 Å². The van der Waals surface area contributed by atoms with Gasteiger partial charge in [-0.1, -0.05) is 38.1 Å². The molecule has 0 fully saturated rings. The standard InChI is InChI=1S/C18H19BrFN/c1-18(2)10-9-12-5-3-4-6-14(12)17(18)21-16-11-13(20)7-8-15(16)19/h3-8,11,17,21H,9-10H2,1-2H3. The Morgan fingerprint density at radius 1 is 1.19 bits per heavy atom. The molecule has 0 amide bonds. The molecule has 1 unspecified atom stereocenters. The van der Waals surface area contributed by atoms with Crippen molar-refractivity contribution in [2.24, 2.45) is 5.41 Å². The first-order valence-corrected chi connectivity index (χ1v) is 8.06. The highest BCUT2D eigenvalue weighted by molar-refractivity contribution is 9.10. The molecular weight excluding hydrogens is 329 g/mol. The Hall–Kier alpha value is -1.35. The van der Waals surface area contributed by atoms with E-state index < -0.39 is 0 Å². The van der Waals surface area contributed by atoms with Crippen molar-refractivity contribution in [1.29, 1.82) is 0 Å². The highest BCUT2D eigenvalue weighted by Gasteiger charge is 2.35. The minimum absolute atomic E-state index is 0.125. The summed E-state index contributed by atoms with van der Waals surface area (Å²) in [5.41, 5.74) is 3.65. The number of halogens is 2. The zero-order chi connectivity index (χ0) is 15.0. The van der Waals surface area contributed by atoms with Gasteiger partial charge < -0.3 is 5.32 Å². The summed E-state index contributed by atoms with van der Waals surface area (Å²) in [4.78, 5) is 0. The molecule has 1 aliphatic carbocycles. The highest BCUT2D eigenvalue weighted by Crippen LogP contribution is 2.45. The van der Waals surface area contributed by atoms with E-state index in [0.717, 1.165) is 23.0 Å². The lowest BCUT2D eigenvalue weighted by Crippen LogP contribution is -2.33. The lowest BCUT2D eigenvalue weighted by molar-refractivity contribution is 0.265. The van der Waals surface area contributed by atoms with Gasteiger partial charge in [-0.3, -0.25) is 0 Å². The zero-order valence-electron chi connectivity index (χ0n) is 12.3. The van der Waals surface area contributed by atoms with Crippen molar-refractivity contribution in [2.45, 2.75) is 32.7 Å².